The summed E-state index contributed by atoms with van der Waals surface area (Å²) < 4.78 is 31.7. The normalized spacial score (nSPS) is 38.0. The molecule has 2 unspecified atom stereocenters. The van der Waals surface area contributed by atoms with Crippen molar-refractivity contribution in [3.63, 3.8) is 0 Å². The molecule has 5 rings (SSSR count). The van der Waals surface area contributed by atoms with Gasteiger partial charge in [0, 0.05) is 12.3 Å². The van der Waals surface area contributed by atoms with Gasteiger partial charge in [-0.15, -0.1) is 0 Å². The summed E-state index contributed by atoms with van der Waals surface area (Å²) in [4.78, 5) is 12.7. The molecule has 0 N–H and O–H groups in total. The topological polar surface area (TPSA) is 84.2 Å². The second-order valence-electron chi connectivity index (χ2n) is 11.9. The number of benzene rings is 1. The Morgan fingerprint density at radius 2 is 1.83 bits per heavy atom. The Morgan fingerprint density at radius 3 is 2.50 bits per heavy atom. The summed E-state index contributed by atoms with van der Waals surface area (Å²) >= 11 is 0. The van der Waals surface area contributed by atoms with E-state index in [2.05, 4.69) is 33.1 Å². The quantitative estimate of drug-likeness (QED) is 0.474. The van der Waals surface area contributed by atoms with Crippen LogP contribution in [-0.2, 0) is 19.1 Å². The van der Waals surface area contributed by atoms with Crippen molar-refractivity contribution >= 4 is 15.9 Å². The average Bonchev–Trinajstić information content (AvgIpc) is 3.03. The maximum Gasteiger partial charge on any atom is 0.296 e. The molecule has 3 fully saturated rings. The third-order valence-electron chi connectivity index (χ3n) is 9.99. The lowest BCUT2D eigenvalue weighted by atomic mass is 9.45. The predicted octanol–water partition coefficient (Wildman–Crippen LogP) is 5.93. The van der Waals surface area contributed by atoms with Crippen LogP contribution < -0.4 is 0 Å². The summed E-state index contributed by atoms with van der Waals surface area (Å²) in [5.74, 6) is 0.381. The molecule has 36 heavy (non-hydrogen) atoms. The average molecular weight is 506 g/mol. The van der Waals surface area contributed by atoms with Crippen molar-refractivity contribution in [2.75, 3.05) is 6.61 Å². The number of ketones is 1. The van der Waals surface area contributed by atoms with Gasteiger partial charge in [0.2, 0.25) is 0 Å². The van der Waals surface area contributed by atoms with Crippen molar-refractivity contribution in [2.45, 2.75) is 57.8 Å². The molecule has 0 spiro atoms. The number of carbonyl (C=O) groups excluding carboxylic acids is 1. The standard InChI is InChI=1S/C30H35NO4S/c1-18-6-8-23(9-7-18)36(33,34)35-17-21-14-24-25(29(4)12-10-22(32)15-26(21)29)11-13-30(5)27(16-31)19(2)20(3)28(24)30/h6-9,15,21,24-25,27-28H,2-3,10-14,17H2,1,4-5H3/t21?,24-,25-,27?,28+,29-,30-/m1/s1. The Bertz CT molecular complexity index is 1320. The summed E-state index contributed by atoms with van der Waals surface area (Å²) in [6.07, 6.45) is 5.67. The van der Waals surface area contributed by atoms with E-state index in [1.165, 1.54) is 0 Å². The second-order valence-corrected chi connectivity index (χ2v) is 13.5. The molecule has 6 heteroatoms. The van der Waals surface area contributed by atoms with Crippen LogP contribution in [0, 0.1) is 58.7 Å². The van der Waals surface area contributed by atoms with Crippen LogP contribution in [0.1, 0.15) is 51.5 Å². The Kier molecular flexibility index (Phi) is 5.97. The lowest BCUT2D eigenvalue weighted by molar-refractivity contribution is -0.118. The molecule has 0 bridgehead atoms. The molecule has 3 saturated carbocycles. The van der Waals surface area contributed by atoms with E-state index in [0.29, 0.717) is 18.8 Å². The molecule has 0 aromatic heterocycles. The van der Waals surface area contributed by atoms with E-state index in [9.17, 15) is 18.5 Å². The molecule has 0 heterocycles. The first-order chi connectivity index (χ1) is 16.9. The van der Waals surface area contributed by atoms with Crippen LogP contribution in [0.5, 0.6) is 0 Å². The van der Waals surface area contributed by atoms with Gasteiger partial charge < -0.3 is 0 Å². The zero-order valence-electron chi connectivity index (χ0n) is 21.4. The summed E-state index contributed by atoms with van der Waals surface area (Å²) in [6.45, 7) is 15.0. The highest BCUT2D eigenvalue weighted by molar-refractivity contribution is 7.86. The van der Waals surface area contributed by atoms with Crippen LogP contribution in [0.15, 0.2) is 65.1 Å². The lowest BCUT2D eigenvalue weighted by Gasteiger charge is -2.59. The molecule has 4 aliphatic rings. The second kappa shape index (κ2) is 8.53. The first-order valence-electron chi connectivity index (χ1n) is 12.9. The molecule has 5 nitrogen and oxygen atoms in total. The molecular weight excluding hydrogens is 470 g/mol. The molecule has 0 aliphatic heterocycles. The van der Waals surface area contributed by atoms with Crippen LogP contribution in [0.3, 0.4) is 0 Å². The van der Waals surface area contributed by atoms with Gasteiger partial charge in [-0.3, -0.25) is 8.98 Å². The zero-order chi connectivity index (χ0) is 26.0. The summed E-state index contributed by atoms with van der Waals surface area (Å²) in [6, 6.07) is 9.16. The van der Waals surface area contributed by atoms with Gasteiger partial charge in [0.05, 0.1) is 23.5 Å². The van der Waals surface area contributed by atoms with Crippen molar-refractivity contribution in [3.05, 3.63) is 65.8 Å². The minimum atomic E-state index is -3.93. The number of nitrogens with zero attached hydrogens (tertiary/aromatic N) is 1. The van der Waals surface area contributed by atoms with Crippen molar-refractivity contribution in [1.29, 1.82) is 5.26 Å². The molecule has 7 atom stereocenters. The van der Waals surface area contributed by atoms with Crippen LogP contribution >= 0.6 is 0 Å². The van der Waals surface area contributed by atoms with Crippen LogP contribution in [0.2, 0.25) is 0 Å². The van der Waals surface area contributed by atoms with Gasteiger partial charge >= 0.3 is 0 Å². The summed E-state index contributed by atoms with van der Waals surface area (Å²) in [5, 5.41) is 9.99. The number of rotatable bonds is 4. The minimum Gasteiger partial charge on any atom is -0.295 e. The number of fused-ring (bicyclic) bond motifs is 5. The fourth-order valence-electron chi connectivity index (χ4n) is 8.12. The Hall–Kier alpha value is -2.49. The number of allylic oxidation sites excluding steroid dienone is 2. The van der Waals surface area contributed by atoms with Crippen LogP contribution in [-0.4, -0.2) is 20.8 Å². The van der Waals surface area contributed by atoms with Crippen molar-refractivity contribution in [2.24, 2.45) is 40.4 Å². The van der Waals surface area contributed by atoms with Gasteiger partial charge in [-0.25, -0.2) is 0 Å². The van der Waals surface area contributed by atoms with Gasteiger partial charge in [0.25, 0.3) is 10.1 Å². The lowest BCUT2D eigenvalue weighted by Crippen LogP contribution is -2.53. The minimum absolute atomic E-state index is 0.00662. The first-order valence-corrected chi connectivity index (χ1v) is 14.3. The number of aryl methyl sites for hydroxylation is 1. The highest BCUT2D eigenvalue weighted by Crippen LogP contribution is 2.69. The molecule has 1 aromatic rings. The molecular formula is C30H35NO4S. The van der Waals surface area contributed by atoms with Gasteiger partial charge in [-0.05, 0) is 90.5 Å². The number of carbonyl (C=O) groups is 1. The monoisotopic (exact) mass is 505 g/mol. The zero-order valence-corrected chi connectivity index (χ0v) is 22.2. The summed E-state index contributed by atoms with van der Waals surface area (Å²) in [7, 11) is -3.93. The third-order valence-corrected chi connectivity index (χ3v) is 11.3. The summed E-state index contributed by atoms with van der Waals surface area (Å²) in [5.41, 5.74) is 3.43. The van der Waals surface area contributed by atoms with E-state index in [1.54, 1.807) is 30.3 Å². The molecule has 4 aliphatic carbocycles. The highest BCUT2D eigenvalue weighted by atomic mass is 32.2. The number of hydrogen-bond donors (Lipinski definition) is 0. The fraction of sp³-hybridized carbons (Fsp3) is 0.533. The van der Waals surface area contributed by atoms with Crippen LogP contribution in [0.25, 0.3) is 0 Å². The molecule has 0 saturated heterocycles. The Labute approximate surface area is 215 Å². The van der Waals surface area contributed by atoms with E-state index >= 15 is 0 Å². The van der Waals surface area contributed by atoms with E-state index in [4.69, 9.17) is 4.18 Å². The maximum absolute atomic E-state index is 13.0. The Balaban J connectivity index is 1.50. The van der Waals surface area contributed by atoms with E-state index in [0.717, 1.165) is 41.5 Å². The molecule has 0 radical (unpaired) electrons. The number of hydrogen-bond acceptors (Lipinski definition) is 5. The molecule has 0 amide bonds. The highest BCUT2D eigenvalue weighted by Gasteiger charge is 2.62. The largest absolute Gasteiger partial charge is 0.296 e. The van der Waals surface area contributed by atoms with E-state index in [-0.39, 0.29) is 51.8 Å². The van der Waals surface area contributed by atoms with Gasteiger partial charge in [-0.2, -0.15) is 13.7 Å². The van der Waals surface area contributed by atoms with Crippen LogP contribution in [0.4, 0.5) is 0 Å². The van der Waals surface area contributed by atoms with Gasteiger partial charge in [-0.1, -0.05) is 50.3 Å². The Morgan fingerprint density at radius 1 is 1.14 bits per heavy atom. The van der Waals surface area contributed by atoms with Gasteiger partial charge in [0.1, 0.15) is 0 Å². The van der Waals surface area contributed by atoms with Crippen molar-refractivity contribution in [3.8, 4) is 6.07 Å². The molecule has 190 valence electrons. The number of nitriles is 1. The van der Waals surface area contributed by atoms with Gasteiger partial charge in [0.15, 0.2) is 5.78 Å². The van der Waals surface area contributed by atoms with E-state index < -0.39 is 10.1 Å². The maximum atomic E-state index is 13.0. The predicted molar refractivity (Wildman–Crippen MR) is 138 cm³/mol. The third kappa shape index (κ3) is 3.66. The molecule has 1 aromatic carbocycles. The fourth-order valence-corrected chi connectivity index (χ4v) is 9.07. The van der Waals surface area contributed by atoms with Crippen molar-refractivity contribution < 1.29 is 17.4 Å². The van der Waals surface area contributed by atoms with E-state index in [1.807, 2.05) is 6.92 Å². The smallest absolute Gasteiger partial charge is 0.295 e. The first kappa shape index (κ1) is 25.2. The SMILES string of the molecule is C=C1C(=C)[C@H]2[C@@H]3CC(COS(=O)(=O)c4ccc(C)cc4)C4=CC(=O)CC[C@]4(C)[C@@H]3CC[C@]2(C)C1C#N. The van der Waals surface area contributed by atoms with Crippen molar-refractivity contribution in [1.82, 2.24) is 0 Å².